The van der Waals surface area contributed by atoms with E-state index in [-0.39, 0.29) is 5.82 Å². The number of nitrogens with one attached hydrogen (secondary N) is 1. The Morgan fingerprint density at radius 1 is 1.20 bits per heavy atom. The Labute approximate surface area is 91.7 Å². The molecule has 0 aromatic heterocycles. The minimum Gasteiger partial charge on any atom is -0.314 e. The van der Waals surface area contributed by atoms with Gasteiger partial charge in [0, 0.05) is 6.04 Å². The van der Waals surface area contributed by atoms with Gasteiger partial charge in [0.2, 0.25) is 0 Å². The van der Waals surface area contributed by atoms with Crippen molar-refractivity contribution in [3.05, 3.63) is 35.6 Å². The molecule has 0 aliphatic heterocycles. The third-order valence-electron chi connectivity index (χ3n) is 2.82. The molecule has 0 saturated carbocycles. The zero-order valence-electron chi connectivity index (χ0n) is 9.76. The van der Waals surface area contributed by atoms with Gasteiger partial charge in [-0.2, -0.15) is 0 Å². The Morgan fingerprint density at radius 2 is 1.87 bits per heavy atom. The summed E-state index contributed by atoms with van der Waals surface area (Å²) in [6, 6.07) is 7.45. The molecule has 1 N–H and O–H groups in total. The van der Waals surface area contributed by atoms with E-state index >= 15 is 0 Å². The maximum absolute atomic E-state index is 13.2. The molecule has 0 spiro atoms. The van der Waals surface area contributed by atoms with Crippen molar-refractivity contribution in [1.29, 1.82) is 0 Å². The molecule has 1 rings (SSSR count). The summed E-state index contributed by atoms with van der Waals surface area (Å²) >= 11 is 0. The van der Waals surface area contributed by atoms with Crippen LogP contribution in [0.2, 0.25) is 0 Å². The molecule has 0 aliphatic rings. The van der Waals surface area contributed by atoms with Gasteiger partial charge in [-0.05, 0) is 37.4 Å². The van der Waals surface area contributed by atoms with E-state index in [0.29, 0.717) is 12.0 Å². The van der Waals surface area contributed by atoms with Gasteiger partial charge >= 0.3 is 0 Å². The molecule has 15 heavy (non-hydrogen) atoms. The van der Waals surface area contributed by atoms with Gasteiger partial charge in [-0.3, -0.25) is 0 Å². The number of hydrogen-bond acceptors (Lipinski definition) is 1. The second kappa shape index (κ2) is 5.86. The van der Waals surface area contributed by atoms with Crippen molar-refractivity contribution in [3.8, 4) is 0 Å². The van der Waals surface area contributed by atoms with Gasteiger partial charge in [-0.15, -0.1) is 0 Å². The largest absolute Gasteiger partial charge is 0.314 e. The highest BCUT2D eigenvalue weighted by Crippen LogP contribution is 2.07. The number of benzene rings is 1. The minimum absolute atomic E-state index is 0.100. The first-order valence-electron chi connectivity index (χ1n) is 5.58. The van der Waals surface area contributed by atoms with Gasteiger partial charge in [-0.25, -0.2) is 4.39 Å². The fourth-order valence-corrected chi connectivity index (χ4v) is 1.37. The average molecular weight is 209 g/mol. The van der Waals surface area contributed by atoms with Gasteiger partial charge in [0.05, 0.1) is 0 Å². The van der Waals surface area contributed by atoms with Crippen LogP contribution in [0.5, 0.6) is 0 Å². The Bertz CT molecular complexity index is 296. The van der Waals surface area contributed by atoms with Crippen LogP contribution in [0, 0.1) is 11.7 Å². The van der Waals surface area contributed by atoms with E-state index in [1.165, 1.54) is 6.07 Å². The van der Waals surface area contributed by atoms with E-state index in [9.17, 15) is 4.39 Å². The minimum atomic E-state index is -0.100. The summed E-state index contributed by atoms with van der Waals surface area (Å²) < 4.78 is 13.2. The van der Waals surface area contributed by atoms with E-state index in [1.54, 1.807) is 6.07 Å². The van der Waals surface area contributed by atoms with Gasteiger partial charge < -0.3 is 5.32 Å². The second-order valence-electron chi connectivity index (χ2n) is 4.33. The molecule has 84 valence electrons. The van der Waals surface area contributed by atoms with Gasteiger partial charge in [0.25, 0.3) is 0 Å². The van der Waals surface area contributed by atoms with Crippen molar-refractivity contribution < 1.29 is 4.39 Å². The summed E-state index contributed by atoms with van der Waals surface area (Å²) in [5, 5.41) is 3.39. The van der Waals surface area contributed by atoms with Crippen LogP contribution in [0.3, 0.4) is 0 Å². The average Bonchev–Trinajstić information content (AvgIpc) is 2.20. The highest BCUT2D eigenvalue weighted by molar-refractivity contribution is 5.17. The predicted molar refractivity (Wildman–Crippen MR) is 62.4 cm³/mol. The monoisotopic (exact) mass is 209 g/mol. The van der Waals surface area contributed by atoms with E-state index < -0.39 is 0 Å². The molecule has 0 radical (unpaired) electrons. The zero-order chi connectivity index (χ0) is 11.3. The maximum atomic E-state index is 13.2. The molecule has 1 nitrogen and oxygen atoms in total. The summed E-state index contributed by atoms with van der Waals surface area (Å²) in [5.74, 6) is 0.516. The Kier molecular flexibility index (Phi) is 4.76. The van der Waals surface area contributed by atoms with Crippen LogP contribution < -0.4 is 5.32 Å². The first-order valence-corrected chi connectivity index (χ1v) is 5.58. The van der Waals surface area contributed by atoms with Crippen molar-refractivity contribution in [3.63, 3.8) is 0 Å². The molecule has 2 heteroatoms. The molecule has 0 unspecified atom stereocenters. The SMILES string of the molecule is CC(C)[C@H](C)NCCc1ccccc1F. The summed E-state index contributed by atoms with van der Waals surface area (Å²) in [5.41, 5.74) is 0.793. The molecule has 0 saturated heterocycles. The molecule has 1 aromatic rings. The fraction of sp³-hybridized carbons (Fsp3) is 0.538. The van der Waals surface area contributed by atoms with Crippen LogP contribution in [0.25, 0.3) is 0 Å². The molecular weight excluding hydrogens is 189 g/mol. The topological polar surface area (TPSA) is 12.0 Å². The lowest BCUT2D eigenvalue weighted by Gasteiger charge is -2.17. The molecule has 0 fully saturated rings. The second-order valence-corrected chi connectivity index (χ2v) is 4.33. The first-order chi connectivity index (χ1) is 7.11. The molecule has 0 aliphatic carbocycles. The standard InChI is InChI=1S/C13H20FN/c1-10(2)11(3)15-9-8-12-6-4-5-7-13(12)14/h4-7,10-11,15H,8-9H2,1-3H3/t11-/m0/s1. The third-order valence-corrected chi connectivity index (χ3v) is 2.82. The lowest BCUT2D eigenvalue weighted by atomic mass is 10.1. The molecule has 0 amide bonds. The van der Waals surface area contributed by atoms with Gasteiger partial charge in [0.15, 0.2) is 0 Å². The van der Waals surface area contributed by atoms with Crippen molar-refractivity contribution in [2.75, 3.05) is 6.54 Å². The smallest absolute Gasteiger partial charge is 0.126 e. The lowest BCUT2D eigenvalue weighted by molar-refractivity contribution is 0.428. The summed E-state index contributed by atoms with van der Waals surface area (Å²) in [6.45, 7) is 7.35. The maximum Gasteiger partial charge on any atom is 0.126 e. The predicted octanol–water partition coefficient (Wildman–Crippen LogP) is 3.00. The van der Waals surface area contributed by atoms with Crippen LogP contribution in [0.1, 0.15) is 26.3 Å². The zero-order valence-corrected chi connectivity index (χ0v) is 9.76. The quantitative estimate of drug-likeness (QED) is 0.786. The van der Waals surface area contributed by atoms with E-state index in [0.717, 1.165) is 18.5 Å². The number of halogens is 1. The van der Waals surface area contributed by atoms with Crippen molar-refractivity contribution >= 4 is 0 Å². The van der Waals surface area contributed by atoms with E-state index in [4.69, 9.17) is 0 Å². The molecule has 1 aromatic carbocycles. The molecule has 1 atom stereocenters. The van der Waals surface area contributed by atoms with Crippen LogP contribution in [0.15, 0.2) is 24.3 Å². The summed E-state index contributed by atoms with van der Waals surface area (Å²) in [6.07, 6.45) is 0.754. The van der Waals surface area contributed by atoms with E-state index in [1.807, 2.05) is 12.1 Å². The van der Waals surface area contributed by atoms with Crippen molar-refractivity contribution in [2.45, 2.75) is 33.2 Å². The normalized spacial score (nSPS) is 13.1. The van der Waals surface area contributed by atoms with Crippen molar-refractivity contribution in [1.82, 2.24) is 5.32 Å². The fourth-order valence-electron chi connectivity index (χ4n) is 1.37. The third kappa shape index (κ3) is 4.00. The lowest BCUT2D eigenvalue weighted by Crippen LogP contribution is -2.32. The number of rotatable bonds is 5. The summed E-state index contributed by atoms with van der Waals surface area (Å²) in [4.78, 5) is 0. The van der Waals surface area contributed by atoms with Gasteiger partial charge in [0.1, 0.15) is 5.82 Å². The Balaban J connectivity index is 2.35. The Hall–Kier alpha value is -0.890. The van der Waals surface area contributed by atoms with Gasteiger partial charge in [-0.1, -0.05) is 32.0 Å². The van der Waals surface area contributed by atoms with Crippen LogP contribution in [0.4, 0.5) is 4.39 Å². The van der Waals surface area contributed by atoms with Crippen LogP contribution in [-0.4, -0.2) is 12.6 Å². The number of hydrogen-bond donors (Lipinski definition) is 1. The highest BCUT2D eigenvalue weighted by Gasteiger charge is 2.06. The molecular formula is C13H20FN. The highest BCUT2D eigenvalue weighted by atomic mass is 19.1. The first kappa shape index (κ1) is 12.2. The van der Waals surface area contributed by atoms with E-state index in [2.05, 4.69) is 26.1 Å². The van der Waals surface area contributed by atoms with Crippen LogP contribution >= 0.6 is 0 Å². The molecule has 0 heterocycles. The van der Waals surface area contributed by atoms with Crippen LogP contribution in [-0.2, 0) is 6.42 Å². The van der Waals surface area contributed by atoms with Crippen molar-refractivity contribution in [2.24, 2.45) is 5.92 Å². The molecule has 0 bridgehead atoms. The summed E-state index contributed by atoms with van der Waals surface area (Å²) in [7, 11) is 0. The Morgan fingerprint density at radius 3 is 2.47 bits per heavy atom.